The lowest BCUT2D eigenvalue weighted by Crippen LogP contribution is -2.35. The minimum Gasteiger partial charge on any atom is -0.394 e. The van der Waals surface area contributed by atoms with E-state index in [-0.39, 0.29) is 6.42 Å². The van der Waals surface area contributed by atoms with E-state index in [1.807, 2.05) is 9.97 Å². The Labute approximate surface area is 247 Å². The fraction of sp³-hybridized carbons (Fsp3) is 0.556. The van der Waals surface area contributed by atoms with E-state index >= 15 is 0 Å². The number of aliphatic hydroxyl groups is 3. The van der Waals surface area contributed by atoms with Crippen LogP contribution >= 0.6 is 23.5 Å². The first kappa shape index (κ1) is 37.0. The molecule has 4 heterocycles. The first-order valence-electron chi connectivity index (χ1n) is 12.0. The maximum absolute atomic E-state index is 13.6. The van der Waals surface area contributed by atoms with E-state index in [1.165, 1.54) is 0 Å². The van der Waals surface area contributed by atoms with Crippen LogP contribution in [-0.4, -0.2) is 97.8 Å². The van der Waals surface area contributed by atoms with Crippen molar-refractivity contribution >= 4 is 23.5 Å². The fourth-order valence-electron chi connectivity index (χ4n) is 3.87. The Bertz CT molecular complexity index is 1720. The van der Waals surface area contributed by atoms with Crippen LogP contribution in [0.15, 0.2) is 43.7 Å². The highest BCUT2D eigenvalue weighted by atomic mass is 31.3. The minimum atomic E-state index is -5.67. The first-order chi connectivity index (χ1) is 20.7. The fourth-order valence-corrected chi connectivity index (χ4v) is 6.90. The van der Waals surface area contributed by atoms with Gasteiger partial charge in [-0.25, -0.2) is 27.7 Å². The van der Waals surface area contributed by atoms with Gasteiger partial charge in [-0.1, -0.05) is 0 Å². The average Bonchev–Trinajstić information content (AvgIpc) is 3.39. The Morgan fingerprint density at radius 2 is 1.42 bits per heavy atom. The van der Waals surface area contributed by atoms with E-state index in [1.54, 1.807) is 0 Å². The molecule has 2 fully saturated rings. The van der Waals surface area contributed by atoms with Gasteiger partial charge in [0.15, 0.2) is 12.4 Å². The molecule has 0 amide bonds. The van der Waals surface area contributed by atoms with Crippen LogP contribution in [0.2, 0.25) is 0 Å². The summed E-state index contributed by atoms with van der Waals surface area (Å²) in [6, 6.07) is 2.06. The van der Waals surface area contributed by atoms with E-state index in [9.17, 15) is 52.4 Å². The smallest absolute Gasteiger partial charge is 0.394 e. The number of hydrogen-bond acceptors (Lipinski definition) is 15. The molecule has 2 aromatic heterocycles. The summed E-state index contributed by atoms with van der Waals surface area (Å²) in [4.78, 5) is 84.1. The first-order valence-corrected chi connectivity index (χ1v) is 16.6. The van der Waals surface area contributed by atoms with Gasteiger partial charge in [0.25, 0.3) is 11.1 Å². The van der Waals surface area contributed by atoms with E-state index in [0.717, 1.165) is 33.7 Å². The number of ether oxygens (including phenoxy) is 2. The van der Waals surface area contributed by atoms with Gasteiger partial charge in [0.05, 0.1) is 19.3 Å². The number of nitrogens with zero attached hydrogens (tertiary/aromatic N) is 2. The Morgan fingerprint density at radius 1 is 0.867 bits per heavy atom. The Morgan fingerprint density at radius 3 is 1.91 bits per heavy atom. The van der Waals surface area contributed by atoms with Crippen molar-refractivity contribution < 1.29 is 75.6 Å². The zero-order valence-electron chi connectivity index (χ0n) is 22.1. The predicted molar refractivity (Wildman–Crippen MR) is 139 cm³/mol. The molecule has 0 radical (unpaired) electrons. The molecule has 0 bridgehead atoms. The maximum Gasteiger partial charge on any atom is 0.490 e. The molecule has 9 atom stereocenters. The van der Waals surface area contributed by atoms with Crippen molar-refractivity contribution in [3.05, 3.63) is 66.2 Å². The van der Waals surface area contributed by atoms with Crippen LogP contribution in [0.3, 0.4) is 0 Å². The third-order valence-corrected chi connectivity index (χ3v) is 9.59. The zero-order chi connectivity index (χ0) is 33.9. The summed E-state index contributed by atoms with van der Waals surface area (Å²) in [6.45, 7) is -1.43. The third-order valence-electron chi connectivity index (χ3n) is 5.78. The molecule has 27 heteroatoms. The van der Waals surface area contributed by atoms with Crippen molar-refractivity contribution in [1.29, 1.82) is 0 Å². The highest BCUT2D eigenvalue weighted by Gasteiger charge is 2.45. The molecule has 4 rings (SSSR count). The topological polar surface area (TPSA) is 349 Å². The number of aromatic nitrogens is 4. The number of phosphoric ester groups is 1. The van der Waals surface area contributed by atoms with Crippen molar-refractivity contribution in [3.8, 4) is 0 Å². The lowest BCUT2D eigenvalue weighted by molar-refractivity contribution is -0.0491. The van der Waals surface area contributed by atoms with Gasteiger partial charge in [-0.2, -0.15) is 8.62 Å². The van der Waals surface area contributed by atoms with Crippen LogP contribution in [0.4, 0.5) is 4.39 Å². The molecule has 23 nitrogen and oxygen atoms in total. The second kappa shape index (κ2) is 14.5. The summed E-state index contributed by atoms with van der Waals surface area (Å²) in [5, 5.41) is 28.1. The molecule has 9 N–H and O–H groups in total. The molecule has 254 valence electrons. The minimum absolute atomic E-state index is 0.170. The quantitative estimate of drug-likeness (QED) is 0.109. The standard InChI is InChI=1S/C9H11FN2O5.C9H15N2O14P3/c10-6-7(15)4(3-13)17-8(6)12-2-1-5(14)11-9(12)16;12-5-3-8(11-2-1-7(13)10-9(11)14)23-6(5)4-22-27(18,19)25-28(20,21)24-26(15,16)17/h1-2,4,6-8,13,15H,3H2,(H,11,14,16);1-2,5-6,8,12H,3-4H2,(H,18,19)(H,20,21)(H,10,13,14)(H2,15,16,17)/t4-,6-,7-,8-;5-,6+,8+/m10/s1. The van der Waals surface area contributed by atoms with Crippen LogP contribution in [0.1, 0.15) is 18.9 Å². The Kier molecular flexibility index (Phi) is 11.9. The SMILES string of the molecule is O=c1ccn([C@@H]2O[C@H](CO)[C@@H](O)[C@H]2F)c(=O)[nH]1.O=c1ccn([C@H]2C[C@H](O)[C@@H](COP(=O)(O)OP(=O)(O)OP(=O)(O)O)O2)c(=O)[nH]1. The molecule has 45 heavy (non-hydrogen) atoms. The van der Waals surface area contributed by atoms with Gasteiger partial charge in [-0.3, -0.25) is 33.2 Å². The van der Waals surface area contributed by atoms with Crippen molar-refractivity contribution in [2.24, 2.45) is 0 Å². The molecule has 2 aromatic rings. The number of aliphatic hydroxyl groups excluding tert-OH is 3. The van der Waals surface area contributed by atoms with Gasteiger partial charge in [0.2, 0.25) is 0 Å². The number of rotatable bonds is 10. The van der Waals surface area contributed by atoms with Gasteiger partial charge in [-0.15, -0.1) is 0 Å². The van der Waals surface area contributed by atoms with Gasteiger partial charge < -0.3 is 44.4 Å². The highest BCUT2D eigenvalue weighted by molar-refractivity contribution is 7.66. The van der Waals surface area contributed by atoms with Crippen LogP contribution in [0.25, 0.3) is 0 Å². The van der Waals surface area contributed by atoms with E-state index in [4.69, 9.17) is 29.3 Å². The van der Waals surface area contributed by atoms with E-state index in [0.29, 0.717) is 0 Å². The molecule has 2 unspecified atom stereocenters. The van der Waals surface area contributed by atoms with Crippen molar-refractivity contribution in [2.75, 3.05) is 13.2 Å². The van der Waals surface area contributed by atoms with Crippen molar-refractivity contribution in [1.82, 2.24) is 19.1 Å². The predicted octanol–water partition coefficient (Wildman–Crippen LogP) is -3.35. The number of alkyl halides is 1. The molecular weight excluding hydrogens is 688 g/mol. The monoisotopic (exact) mass is 714 g/mol. The van der Waals surface area contributed by atoms with Gasteiger partial charge in [0.1, 0.15) is 24.5 Å². The largest absolute Gasteiger partial charge is 0.490 e. The summed E-state index contributed by atoms with van der Waals surface area (Å²) in [6.07, 6.45) is -7.47. The van der Waals surface area contributed by atoms with Gasteiger partial charge in [-0.05, 0) is 0 Å². The summed E-state index contributed by atoms with van der Waals surface area (Å²) in [7, 11) is -16.6. The van der Waals surface area contributed by atoms with Crippen LogP contribution in [0.5, 0.6) is 0 Å². The molecule has 2 aliphatic heterocycles. The van der Waals surface area contributed by atoms with Crippen molar-refractivity contribution in [2.45, 2.75) is 49.5 Å². The number of aromatic amines is 2. The number of nitrogens with one attached hydrogen (secondary N) is 2. The molecule has 0 saturated carbocycles. The lowest BCUT2D eigenvalue weighted by atomic mass is 10.1. The van der Waals surface area contributed by atoms with Crippen molar-refractivity contribution in [3.63, 3.8) is 0 Å². The second-order valence-electron chi connectivity index (χ2n) is 9.04. The third kappa shape index (κ3) is 10.2. The summed E-state index contributed by atoms with van der Waals surface area (Å²) in [5.41, 5.74) is -2.95. The molecule has 0 aliphatic carbocycles. The van der Waals surface area contributed by atoms with Gasteiger partial charge in [0, 0.05) is 30.9 Å². The van der Waals surface area contributed by atoms with Crippen LogP contribution < -0.4 is 22.5 Å². The maximum atomic E-state index is 13.6. The van der Waals surface area contributed by atoms with Gasteiger partial charge >= 0.3 is 34.8 Å². The molecular formula is C18H26FN4O19P3. The Balaban J connectivity index is 0.000000276. The summed E-state index contributed by atoms with van der Waals surface area (Å²) in [5.74, 6) is 0. The molecule has 0 spiro atoms. The van der Waals surface area contributed by atoms with E-state index in [2.05, 4.69) is 13.1 Å². The van der Waals surface area contributed by atoms with Crippen LogP contribution in [-0.2, 0) is 36.3 Å². The highest BCUT2D eigenvalue weighted by Crippen LogP contribution is 2.66. The molecule has 2 aliphatic rings. The molecule has 2 saturated heterocycles. The second-order valence-corrected chi connectivity index (χ2v) is 13.5. The van der Waals surface area contributed by atoms with Crippen LogP contribution in [0, 0.1) is 0 Å². The lowest BCUT2D eigenvalue weighted by Gasteiger charge is -2.19. The number of hydrogen-bond donors (Lipinski definition) is 9. The molecule has 0 aromatic carbocycles. The Hall–Kier alpha value is -2.50. The number of phosphoric acid groups is 3. The summed E-state index contributed by atoms with van der Waals surface area (Å²) < 4.78 is 70.5. The normalized spacial score (nSPS) is 29.4. The zero-order valence-corrected chi connectivity index (χ0v) is 24.8. The van der Waals surface area contributed by atoms with E-state index < -0.39 is 102 Å². The average molecular weight is 714 g/mol. The summed E-state index contributed by atoms with van der Waals surface area (Å²) >= 11 is 0. The number of H-pyrrole nitrogens is 2. The number of halogens is 1.